The Balaban J connectivity index is 0.00000220. The molecule has 6 heteroatoms. The van der Waals surface area contributed by atoms with Crippen molar-refractivity contribution in [2.75, 3.05) is 26.2 Å². The van der Waals surface area contributed by atoms with Crippen molar-refractivity contribution < 1.29 is 4.79 Å². The van der Waals surface area contributed by atoms with Crippen LogP contribution in [0.3, 0.4) is 0 Å². The third kappa shape index (κ3) is 4.95. The summed E-state index contributed by atoms with van der Waals surface area (Å²) in [6.45, 7) is 8.10. The van der Waals surface area contributed by atoms with Crippen LogP contribution in [-0.2, 0) is 11.3 Å². The largest absolute Gasteiger partial charge is 0.340 e. The van der Waals surface area contributed by atoms with Crippen molar-refractivity contribution in [3.63, 3.8) is 0 Å². The van der Waals surface area contributed by atoms with E-state index in [-0.39, 0.29) is 30.3 Å². The smallest absolute Gasteiger partial charge is 0.227 e. The number of hydrogen-bond acceptors (Lipinski definition) is 4. The van der Waals surface area contributed by atoms with E-state index in [4.69, 9.17) is 5.73 Å². The minimum atomic E-state index is -0.0973. The molecule has 1 saturated heterocycles. The highest BCUT2D eigenvalue weighted by Crippen LogP contribution is 2.11. The van der Waals surface area contributed by atoms with E-state index in [0.717, 1.165) is 32.7 Å². The van der Waals surface area contributed by atoms with Gasteiger partial charge in [-0.25, -0.2) is 0 Å². The second-order valence-electron chi connectivity index (χ2n) is 5.61. The zero-order valence-corrected chi connectivity index (χ0v) is 13.6. The first-order valence-electron chi connectivity index (χ1n) is 7.23. The van der Waals surface area contributed by atoms with Crippen LogP contribution in [0.25, 0.3) is 0 Å². The molecule has 1 aromatic rings. The lowest BCUT2D eigenvalue weighted by molar-refractivity contribution is -0.137. The van der Waals surface area contributed by atoms with Crippen molar-refractivity contribution >= 4 is 18.3 Å². The first-order chi connectivity index (χ1) is 9.58. The maximum absolute atomic E-state index is 12.2. The summed E-state index contributed by atoms with van der Waals surface area (Å²) in [6, 6.07) is 3.96. The van der Waals surface area contributed by atoms with Gasteiger partial charge < -0.3 is 10.6 Å². The fourth-order valence-corrected chi connectivity index (χ4v) is 2.39. The van der Waals surface area contributed by atoms with Gasteiger partial charge in [0.1, 0.15) is 0 Å². The second kappa shape index (κ2) is 8.32. The molecule has 2 N–H and O–H groups in total. The Bertz CT molecular complexity index is 433. The van der Waals surface area contributed by atoms with E-state index in [0.29, 0.717) is 0 Å². The molecule has 1 aliphatic rings. The van der Waals surface area contributed by atoms with Gasteiger partial charge >= 0.3 is 0 Å². The first-order valence-corrected chi connectivity index (χ1v) is 7.23. The topological polar surface area (TPSA) is 62.5 Å². The van der Waals surface area contributed by atoms with Gasteiger partial charge in [0.25, 0.3) is 0 Å². The summed E-state index contributed by atoms with van der Waals surface area (Å²) in [7, 11) is 0. The molecule has 1 aliphatic heterocycles. The molecule has 0 saturated carbocycles. The number of hydrogen-bond donors (Lipinski definition) is 1. The number of amides is 1. The predicted octanol–water partition coefficient (Wildman–Crippen LogP) is 1.13. The fourth-order valence-electron chi connectivity index (χ4n) is 2.39. The monoisotopic (exact) mass is 312 g/mol. The minimum Gasteiger partial charge on any atom is -0.340 e. The van der Waals surface area contributed by atoms with Gasteiger partial charge in [0.15, 0.2) is 0 Å². The Morgan fingerprint density at radius 1 is 1.33 bits per heavy atom. The summed E-state index contributed by atoms with van der Waals surface area (Å²) in [5.41, 5.74) is 7.03. The predicted molar refractivity (Wildman–Crippen MR) is 86.2 cm³/mol. The summed E-state index contributed by atoms with van der Waals surface area (Å²) in [5, 5.41) is 0. The van der Waals surface area contributed by atoms with Crippen molar-refractivity contribution in [2.24, 2.45) is 11.7 Å². The van der Waals surface area contributed by atoms with Crippen molar-refractivity contribution in [1.29, 1.82) is 0 Å². The van der Waals surface area contributed by atoms with Crippen LogP contribution < -0.4 is 5.73 Å². The van der Waals surface area contributed by atoms with Gasteiger partial charge in [-0.3, -0.25) is 14.7 Å². The number of carbonyl (C=O) groups is 1. The highest BCUT2D eigenvalue weighted by atomic mass is 35.5. The molecule has 2 atom stereocenters. The summed E-state index contributed by atoms with van der Waals surface area (Å²) >= 11 is 0. The molecule has 2 rings (SSSR count). The third-order valence-corrected chi connectivity index (χ3v) is 3.99. The Hall–Kier alpha value is -1.17. The lowest BCUT2D eigenvalue weighted by Gasteiger charge is -2.36. The standard InChI is InChI=1S/C15H24N4O.ClH/c1-12(13(2)16)15(20)19-8-6-18(7-9-19)11-14-4-3-5-17-10-14;/h3-5,10,12-13H,6-9,11,16H2,1-2H3;1H. The van der Waals surface area contributed by atoms with Crippen molar-refractivity contribution in [3.05, 3.63) is 30.1 Å². The van der Waals surface area contributed by atoms with E-state index in [1.165, 1.54) is 5.56 Å². The molecular weight excluding hydrogens is 288 g/mol. The quantitative estimate of drug-likeness (QED) is 0.905. The van der Waals surface area contributed by atoms with Gasteiger partial charge in [0.05, 0.1) is 5.92 Å². The molecule has 21 heavy (non-hydrogen) atoms. The van der Waals surface area contributed by atoms with Crippen LogP contribution in [-0.4, -0.2) is 52.9 Å². The summed E-state index contributed by atoms with van der Waals surface area (Å²) < 4.78 is 0. The van der Waals surface area contributed by atoms with Crippen molar-refractivity contribution in [3.8, 4) is 0 Å². The van der Waals surface area contributed by atoms with Gasteiger partial charge in [-0.1, -0.05) is 13.0 Å². The van der Waals surface area contributed by atoms with E-state index in [1.807, 2.05) is 31.0 Å². The van der Waals surface area contributed by atoms with Gasteiger partial charge in [-0.15, -0.1) is 12.4 Å². The molecule has 0 aliphatic carbocycles. The number of rotatable bonds is 4. The maximum atomic E-state index is 12.2. The zero-order valence-electron chi connectivity index (χ0n) is 12.7. The number of piperazine rings is 1. The van der Waals surface area contributed by atoms with Gasteiger partial charge in [0.2, 0.25) is 5.91 Å². The number of nitrogens with zero attached hydrogens (tertiary/aromatic N) is 3. The van der Waals surface area contributed by atoms with Crippen LogP contribution in [0, 0.1) is 5.92 Å². The van der Waals surface area contributed by atoms with Gasteiger partial charge in [0, 0.05) is 51.2 Å². The fraction of sp³-hybridized carbons (Fsp3) is 0.600. The molecular formula is C15H25ClN4O. The van der Waals surface area contributed by atoms with Crippen LogP contribution in [0.1, 0.15) is 19.4 Å². The number of nitrogens with two attached hydrogens (primary N) is 1. The Kier molecular flexibility index (Phi) is 7.08. The molecule has 2 heterocycles. The Morgan fingerprint density at radius 2 is 2.00 bits per heavy atom. The SMILES string of the molecule is CC(N)C(C)C(=O)N1CCN(Cc2cccnc2)CC1.Cl. The third-order valence-electron chi connectivity index (χ3n) is 3.99. The molecule has 1 aromatic heterocycles. The Labute approximate surface area is 132 Å². The van der Waals surface area contributed by atoms with E-state index >= 15 is 0 Å². The molecule has 2 unspecified atom stereocenters. The lowest BCUT2D eigenvalue weighted by atomic mass is 10.0. The second-order valence-corrected chi connectivity index (χ2v) is 5.61. The highest BCUT2D eigenvalue weighted by molar-refractivity contribution is 5.85. The average Bonchev–Trinajstić information content (AvgIpc) is 2.47. The number of halogens is 1. The molecule has 0 radical (unpaired) electrons. The van der Waals surface area contributed by atoms with Crippen molar-refractivity contribution in [2.45, 2.75) is 26.4 Å². The normalized spacial score (nSPS) is 18.7. The first kappa shape index (κ1) is 17.9. The maximum Gasteiger partial charge on any atom is 0.227 e. The Morgan fingerprint density at radius 3 is 2.52 bits per heavy atom. The lowest BCUT2D eigenvalue weighted by Crippen LogP contribution is -2.51. The highest BCUT2D eigenvalue weighted by Gasteiger charge is 2.26. The summed E-state index contributed by atoms with van der Waals surface area (Å²) in [4.78, 5) is 20.6. The van der Waals surface area contributed by atoms with E-state index in [1.54, 1.807) is 6.20 Å². The summed E-state index contributed by atoms with van der Waals surface area (Å²) in [6.07, 6.45) is 3.69. The van der Waals surface area contributed by atoms with Crippen LogP contribution in [0.2, 0.25) is 0 Å². The molecule has 0 aromatic carbocycles. The van der Waals surface area contributed by atoms with Gasteiger partial charge in [-0.05, 0) is 18.6 Å². The molecule has 5 nitrogen and oxygen atoms in total. The van der Waals surface area contributed by atoms with Crippen LogP contribution in [0.15, 0.2) is 24.5 Å². The molecule has 0 spiro atoms. The molecule has 1 fully saturated rings. The summed E-state index contributed by atoms with van der Waals surface area (Å²) in [5.74, 6) is 0.0842. The van der Waals surface area contributed by atoms with E-state index in [9.17, 15) is 4.79 Å². The van der Waals surface area contributed by atoms with Crippen molar-refractivity contribution in [1.82, 2.24) is 14.8 Å². The van der Waals surface area contributed by atoms with Crippen LogP contribution in [0.5, 0.6) is 0 Å². The van der Waals surface area contributed by atoms with Crippen LogP contribution in [0.4, 0.5) is 0 Å². The number of aromatic nitrogens is 1. The van der Waals surface area contributed by atoms with E-state index in [2.05, 4.69) is 16.0 Å². The molecule has 0 bridgehead atoms. The molecule has 118 valence electrons. The number of pyridine rings is 1. The number of carbonyl (C=O) groups excluding carboxylic acids is 1. The minimum absolute atomic E-state index is 0. The van der Waals surface area contributed by atoms with Gasteiger partial charge in [-0.2, -0.15) is 0 Å². The average molecular weight is 313 g/mol. The van der Waals surface area contributed by atoms with E-state index < -0.39 is 0 Å². The molecule has 1 amide bonds. The van der Waals surface area contributed by atoms with Crippen LogP contribution >= 0.6 is 12.4 Å². The zero-order chi connectivity index (χ0) is 14.5.